The molecule has 0 radical (unpaired) electrons. The molecule has 5 heteroatoms. The number of carbonyl (C=O) groups is 2. The second kappa shape index (κ2) is 8.97. The molecule has 0 atom stereocenters. The fourth-order valence-electron chi connectivity index (χ4n) is 4.40. The highest BCUT2D eigenvalue weighted by Gasteiger charge is 2.28. The van der Waals surface area contributed by atoms with Gasteiger partial charge in [-0.05, 0) is 47.2 Å². The summed E-state index contributed by atoms with van der Waals surface area (Å²) in [5.74, 6) is -0.0158. The minimum atomic E-state index is -0.0945. The van der Waals surface area contributed by atoms with Crippen LogP contribution in [0.5, 0.6) is 0 Å². The molecule has 0 unspecified atom stereocenters. The third-order valence-corrected chi connectivity index (χ3v) is 7.05. The lowest BCUT2D eigenvalue weighted by atomic mass is 9.94. The van der Waals surface area contributed by atoms with Crippen LogP contribution in [-0.2, 0) is 4.79 Å². The van der Waals surface area contributed by atoms with Crippen LogP contribution in [0.2, 0.25) is 0 Å². The molecule has 0 spiro atoms. The molecule has 1 saturated heterocycles. The van der Waals surface area contributed by atoms with E-state index in [-0.39, 0.29) is 17.7 Å². The van der Waals surface area contributed by atoms with Gasteiger partial charge in [-0.15, -0.1) is 11.3 Å². The molecule has 1 aromatic heterocycles. The first-order chi connectivity index (χ1) is 15.7. The molecule has 3 aromatic carbocycles. The van der Waals surface area contributed by atoms with Gasteiger partial charge in [0, 0.05) is 40.7 Å². The molecule has 2 heterocycles. The summed E-state index contributed by atoms with van der Waals surface area (Å²) >= 11 is 1.66. The van der Waals surface area contributed by atoms with Crippen molar-refractivity contribution in [2.24, 2.45) is 5.92 Å². The van der Waals surface area contributed by atoms with Gasteiger partial charge in [-0.2, -0.15) is 0 Å². The third-order valence-electron chi connectivity index (χ3n) is 6.14. The molecule has 1 fully saturated rings. The Balaban J connectivity index is 1.25. The van der Waals surface area contributed by atoms with E-state index >= 15 is 0 Å². The van der Waals surface area contributed by atoms with E-state index in [1.165, 1.54) is 0 Å². The lowest BCUT2D eigenvalue weighted by molar-refractivity contribution is -0.121. The Hall–Kier alpha value is -3.44. The van der Waals surface area contributed by atoms with E-state index in [9.17, 15) is 9.59 Å². The topological polar surface area (TPSA) is 49.4 Å². The van der Waals surface area contributed by atoms with Crippen molar-refractivity contribution >= 4 is 39.6 Å². The summed E-state index contributed by atoms with van der Waals surface area (Å²) in [4.78, 5) is 29.2. The standard InChI is InChI=1S/C27H24N2O2S/c30-26(28-24-12-4-3-10-23(24)25-13-6-18-32-25)20-14-16-29(17-15-20)27(31)22-11-5-8-19-7-1-2-9-21(19)22/h1-13,18,20H,14-17H2,(H,28,30). The average molecular weight is 441 g/mol. The largest absolute Gasteiger partial charge is 0.339 e. The molecule has 4 aromatic rings. The molecule has 2 amide bonds. The lowest BCUT2D eigenvalue weighted by Gasteiger charge is -2.31. The normalized spacial score (nSPS) is 14.4. The van der Waals surface area contributed by atoms with Crippen LogP contribution in [0.25, 0.3) is 21.2 Å². The summed E-state index contributed by atoms with van der Waals surface area (Å²) in [7, 11) is 0. The van der Waals surface area contributed by atoms with Crippen LogP contribution in [0.4, 0.5) is 5.69 Å². The van der Waals surface area contributed by atoms with E-state index in [0.29, 0.717) is 25.9 Å². The van der Waals surface area contributed by atoms with E-state index in [1.807, 2.05) is 83.1 Å². The Labute approximate surface area is 191 Å². The Morgan fingerprint density at radius 2 is 1.59 bits per heavy atom. The van der Waals surface area contributed by atoms with E-state index in [0.717, 1.165) is 32.5 Å². The molecule has 0 aliphatic carbocycles. The summed E-state index contributed by atoms with van der Waals surface area (Å²) in [6, 6.07) is 25.8. The number of nitrogens with zero attached hydrogens (tertiary/aromatic N) is 1. The number of para-hydroxylation sites is 1. The number of carbonyl (C=O) groups excluding carboxylic acids is 2. The Morgan fingerprint density at radius 3 is 2.41 bits per heavy atom. The maximum Gasteiger partial charge on any atom is 0.254 e. The van der Waals surface area contributed by atoms with Gasteiger partial charge in [-0.25, -0.2) is 0 Å². The maximum absolute atomic E-state index is 13.2. The van der Waals surface area contributed by atoms with Crippen molar-refractivity contribution in [3.63, 3.8) is 0 Å². The van der Waals surface area contributed by atoms with Crippen molar-refractivity contribution in [1.29, 1.82) is 0 Å². The van der Waals surface area contributed by atoms with E-state index in [1.54, 1.807) is 11.3 Å². The number of likely N-dealkylation sites (tertiary alicyclic amines) is 1. The predicted octanol–water partition coefficient (Wildman–Crippen LogP) is 6.06. The molecule has 5 rings (SSSR count). The van der Waals surface area contributed by atoms with Gasteiger partial charge in [0.2, 0.25) is 5.91 Å². The first-order valence-corrected chi connectivity index (χ1v) is 11.8. The van der Waals surface area contributed by atoms with Crippen LogP contribution in [0, 0.1) is 5.92 Å². The predicted molar refractivity (Wildman–Crippen MR) is 131 cm³/mol. The quantitative estimate of drug-likeness (QED) is 0.419. The summed E-state index contributed by atoms with van der Waals surface area (Å²) < 4.78 is 0. The van der Waals surface area contributed by atoms with Gasteiger partial charge in [0.25, 0.3) is 5.91 Å². The van der Waals surface area contributed by atoms with Crippen molar-refractivity contribution in [3.05, 3.63) is 89.8 Å². The minimum Gasteiger partial charge on any atom is -0.339 e. The third kappa shape index (κ3) is 4.04. The van der Waals surface area contributed by atoms with E-state index in [4.69, 9.17) is 0 Å². The van der Waals surface area contributed by atoms with Gasteiger partial charge in [0.1, 0.15) is 0 Å². The van der Waals surface area contributed by atoms with Crippen LogP contribution >= 0.6 is 11.3 Å². The van der Waals surface area contributed by atoms with Gasteiger partial charge >= 0.3 is 0 Å². The molecule has 1 aliphatic heterocycles. The number of hydrogen-bond acceptors (Lipinski definition) is 3. The van der Waals surface area contributed by atoms with E-state index in [2.05, 4.69) is 11.4 Å². The number of piperidine rings is 1. The van der Waals surface area contributed by atoms with Crippen molar-refractivity contribution in [2.45, 2.75) is 12.8 Å². The van der Waals surface area contributed by atoms with Crippen molar-refractivity contribution in [3.8, 4) is 10.4 Å². The monoisotopic (exact) mass is 440 g/mol. The van der Waals surface area contributed by atoms with Crippen molar-refractivity contribution < 1.29 is 9.59 Å². The highest BCUT2D eigenvalue weighted by molar-refractivity contribution is 7.13. The van der Waals surface area contributed by atoms with Crippen LogP contribution < -0.4 is 5.32 Å². The molecule has 4 nitrogen and oxygen atoms in total. The SMILES string of the molecule is O=C(Nc1ccccc1-c1cccs1)C1CCN(C(=O)c2cccc3ccccc23)CC1. The summed E-state index contributed by atoms with van der Waals surface area (Å²) in [6.07, 6.45) is 1.34. The van der Waals surface area contributed by atoms with Crippen LogP contribution in [0.3, 0.4) is 0 Å². The van der Waals surface area contributed by atoms with Crippen molar-refractivity contribution in [1.82, 2.24) is 4.90 Å². The number of rotatable bonds is 4. The number of anilines is 1. The molecule has 160 valence electrons. The number of hydrogen-bond donors (Lipinski definition) is 1. The molecule has 32 heavy (non-hydrogen) atoms. The fourth-order valence-corrected chi connectivity index (χ4v) is 5.17. The number of amides is 2. The second-order valence-corrected chi connectivity index (χ2v) is 9.05. The number of fused-ring (bicyclic) bond motifs is 1. The fraction of sp³-hybridized carbons (Fsp3) is 0.185. The first-order valence-electron chi connectivity index (χ1n) is 10.9. The Kier molecular flexibility index (Phi) is 5.73. The smallest absolute Gasteiger partial charge is 0.254 e. The molecular formula is C27H24N2O2S. The second-order valence-electron chi connectivity index (χ2n) is 8.11. The van der Waals surface area contributed by atoms with Gasteiger partial charge in [-0.3, -0.25) is 9.59 Å². The molecular weight excluding hydrogens is 416 g/mol. The van der Waals surface area contributed by atoms with Gasteiger partial charge < -0.3 is 10.2 Å². The molecule has 0 bridgehead atoms. The molecule has 1 aliphatic rings. The van der Waals surface area contributed by atoms with E-state index < -0.39 is 0 Å². The summed E-state index contributed by atoms with van der Waals surface area (Å²) in [5, 5.41) is 7.21. The lowest BCUT2D eigenvalue weighted by Crippen LogP contribution is -2.41. The number of thiophene rings is 1. The van der Waals surface area contributed by atoms with Crippen LogP contribution in [0.15, 0.2) is 84.2 Å². The highest BCUT2D eigenvalue weighted by Crippen LogP contribution is 2.32. The summed E-state index contributed by atoms with van der Waals surface area (Å²) in [6.45, 7) is 1.18. The highest BCUT2D eigenvalue weighted by atomic mass is 32.1. The van der Waals surface area contributed by atoms with Gasteiger partial charge in [-0.1, -0.05) is 60.7 Å². The van der Waals surface area contributed by atoms with Crippen LogP contribution in [-0.4, -0.2) is 29.8 Å². The number of nitrogens with one attached hydrogen (secondary N) is 1. The zero-order valence-corrected chi connectivity index (χ0v) is 18.5. The first kappa shape index (κ1) is 20.5. The van der Waals surface area contributed by atoms with Gasteiger partial charge in [0.15, 0.2) is 0 Å². The average Bonchev–Trinajstić information content (AvgIpc) is 3.38. The Bertz CT molecular complexity index is 1250. The molecule has 0 saturated carbocycles. The zero-order valence-electron chi connectivity index (χ0n) is 17.7. The minimum absolute atomic E-state index is 0.0336. The van der Waals surface area contributed by atoms with Gasteiger partial charge in [0.05, 0.1) is 0 Å². The number of benzene rings is 3. The Morgan fingerprint density at radius 1 is 0.844 bits per heavy atom. The van der Waals surface area contributed by atoms with Crippen molar-refractivity contribution in [2.75, 3.05) is 18.4 Å². The zero-order chi connectivity index (χ0) is 21.9. The molecule has 1 N–H and O–H groups in total. The summed E-state index contributed by atoms with van der Waals surface area (Å²) in [5.41, 5.74) is 2.62. The van der Waals surface area contributed by atoms with Crippen LogP contribution in [0.1, 0.15) is 23.2 Å². The maximum atomic E-state index is 13.2.